The fourth-order valence-electron chi connectivity index (χ4n) is 3.11. The molecule has 1 unspecified atom stereocenters. The molecule has 0 heterocycles. The third-order valence-electron chi connectivity index (χ3n) is 4.72. The van der Waals surface area contributed by atoms with Crippen LogP contribution in [0.3, 0.4) is 0 Å². The summed E-state index contributed by atoms with van der Waals surface area (Å²) < 4.78 is 0. The molecule has 2 heteroatoms. The van der Waals surface area contributed by atoms with Gasteiger partial charge in [0, 0.05) is 0 Å². The first-order chi connectivity index (χ1) is 9.07. The van der Waals surface area contributed by atoms with E-state index in [9.17, 15) is 9.90 Å². The Bertz CT molecular complexity index is 427. The van der Waals surface area contributed by atoms with E-state index in [0.717, 1.165) is 37.7 Å². The second-order valence-corrected chi connectivity index (χ2v) is 6.02. The van der Waals surface area contributed by atoms with Crippen molar-refractivity contribution in [2.75, 3.05) is 0 Å². The van der Waals surface area contributed by atoms with Crippen molar-refractivity contribution in [3.63, 3.8) is 0 Å². The van der Waals surface area contributed by atoms with E-state index in [4.69, 9.17) is 0 Å². The van der Waals surface area contributed by atoms with E-state index in [2.05, 4.69) is 38.1 Å². The molecule has 0 radical (unpaired) electrons. The van der Waals surface area contributed by atoms with Crippen LogP contribution in [0, 0.1) is 5.41 Å². The van der Waals surface area contributed by atoms with Crippen LogP contribution >= 0.6 is 0 Å². The third kappa shape index (κ3) is 2.99. The maximum Gasteiger partial charge on any atom is 0.309 e. The SMILES string of the molecule is CCC(C)c1ccc(CC2(C(=O)O)CCCC2)cc1. The van der Waals surface area contributed by atoms with Crippen LogP contribution in [-0.4, -0.2) is 11.1 Å². The monoisotopic (exact) mass is 260 g/mol. The van der Waals surface area contributed by atoms with Gasteiger partial charge in [-0.2, -0.15) is 0 Å². The van der Waals surface area contributed by atoms with Crippen molar-refractivity contribution in [2.24, 2.45) is 5.41 Å². The molecule has 1 aromatic rings. The second-order valence-electron chi connectivity index (χ2n) is 6.02. The van der Waals surface area contributed by atoms with Gasteiger partial charge in [-0.25, -0.2) is 0 Å². The molecule has 0 bridgehead atoms. The van der Waals surface area contributed by atoms with Gasteiger partial charge in [0.2, 0.25) is 0 Å². The Morgan fingerprint density at radius 2 is 1.84 bits per heavy atom. The molecular weight excluding hydrogens is 236 g/mol. The molecule has 1 aliphatic carbocycles. The number of aliphatic carboxylic acids is 1. The van der Waals surface area contributed by atoms with Crippen molar-refractivity contribution < 1.29 is 9.90 Å². The van der Waals surface area contributed by atoms with Gasteiger partial charge in [0.15, 0.2) is 0 Å². The van der Waals surface area contributed by atoms with Crippen molar-refractivity contribution in [2.45, 2.75) is 58.3 Å². The molecule has 104 valence electrons. The first kappa shape index (κ1) is 14.1. The van der Waals surface area contributed by atoms with Gasteiger partial charge in [0.25, 0.3) is 0 Å². The van der Waals surface area contributed by atoms with E-state index in [-0.39, 0.29) is 0 Å². The average molecular weight is 260 g/mol. The first-order valence-corrected chi connectivity index (χ1v) is 7.39. The van der Waals surface area contributed by atoms with E-state index in [0.29, 0.717) is 12.3 Å². The van der Waals surface area contributed by atoms with Crippen LogP contribution in [0.5, 0.6) is 0 Å². The second kappa shape index (κ2) is 5.77. The largest absolute Gasteiger partial charge is 0.481 e. The summed E-state index contributed by atoms with van der Waals surface area (Å²) in [4.78, 5) is 11.5. The van der Waals surface area contributed by atoms with Crippen LogP contribution in [0.15, 0.2) is 24.3 Å². The minimum absolute atomic E-state index is 0.502. The van der Waals surface area contributed by atoms with Gasteiger partial charge < -0.3 is 5.11 Å². The Kier molecular flexibility index (Phi) is 4.28. The zero-order chi connectivity index (χ0) is 13.9. The van der Waals surface area contributed by atoms with Crippen LogP contribution in [0.2, 0.25) is 0 Å². The highest BCUT2D eigenvalue weighted by molar-refractivity contribution is 5.75. The topological polar surface area (TPSA) is 37.3 Å². The summed E-state index contributed by atoms with van der Waals surface area (Å²) in [6.07, 6.45) is 5.58. The summed E-state index contributed by atoms with van der Waals surface area (Å²) in [6.45, 7) is 4.42. The Hall–Kier alpha value is -1.31. The zero-order valence-electron chi connectivity index (χ0n) is 12.0. The summed E-state index contributed by atoms with van der Waals surface area (Å²) in [5.41, 5.74) is 2.01. The van der Waals surface area contributed by atoms with Crippen LogP contribution in [0.25, 0.3) is 0 Å². The summed E-state index contributed by atoms with van der Waals surface area (Å²) >= 11 is 0. The Morgan fingerprint density at radius 3 is 2.32 bits per heavy atom. The van der Waals surface area contributed by atoms with Crippen molar-refractivity contribution in [3.05, 3.63) is 35.4 Å². The van der Waals surface area contributed by atoms with Gasteiger partial charge >= 0.3 is 5.97 Å². The van der Waals surface area contributed by atoms with Gasteiger partial charge in [0.05, 0.1) is 5.41 Å². The highest BCUT2D eigenvalue weighted by atomic mass is 16.4. The molecule has 2 nitrogen and oxygen atoms in total. The Balaban J connectivity index is 2.12. The highest BCUT2D eigenvalue weighted by Gasteiger charge is 2.41. The third-order valence-corrected chi connectivity index (χ3v) is 4.72. The Labute approximate surface area is 115 Å². The lowest BCUT2D eigenvalue weighted by Gasteiger charge is -2.24. The summed E-state index contributed by atoms with van der Waals surface area (Å²) in [7, 11) is 0. The van der Waals surface area contributed by atoms with Crippen molar-refractivity contribution >= 4 is 5.97 Å². The minimum atomic E-state index is -0.615. The summed E-state index contributed by atoms with van der Waals surface area (Å²) in [6, 6.07) is 8.55. The van der Waals surface area contributed by atoms with E-state index < -0.39 is 11.4 Å². The van der Waals surface area contributed by atoms with Crippen LogP contribution in [0.4, 0.5) is 0 Å². The van der Waals surface area contributed by atoms with E-state index in [1.807, 2.05) is 0 Å². The highest BCUT2D eigenvalue weighted by Crippen LogP contribution is 2.41. The van der Waals surface area contributed by atoms with Gasteiger partial charge in [-0.05, 0) is 42.7 Å². The number of carboxylic acids is 1. The van der Waals surface area contributed by atoms with Crippen LogP contribution in [0.1, 0.15) is 63.0 Å². The maximum atomic E-state index is 11.5. The number of hydrogen-bond acceptors (Lipinski definition) is 1. The van der Waals surface area contributed by atoms with Gasteiger partial charge in [-0.1, -0.05) is 51.0 Å². The van der Waals surface area contributed by atoms with E-state index >= 15 is 0 Å². The average Bonchev–Trinajstić information content (AvgIpc) is 2.88. The van der Waals surface area contributed by atoms with E-state index in [1.165, 1.54) is 5.56 Å². The molecule has 2 rings (SSSR count). The van der Waals surface area contributed by atoms with Crippen molar-refractivity contribution in [1.29, 1.82) is 0 Å². The molecule has 1 aromatic carbocycles. The molecule has 19 heavy (non-hydrogen) atoms. The van der Waals surface area contributed by atoms with E-state index in [1.54, 1.807) is 0 Å². The lowest BCUT2D eigenvalue weighted by atomic mass is 9.80. The van der Waals surface area contributed by atoms with Gasteiger partial charge in [0.1, 0.15) is 0 Å². The Morgan fingerprint density at radius 1 is 1.26 bits per heavy atom. The lowest BCUT2D eigenvalue weighted by molar-refractivity contribution is -0.148. The van der Waals surface area contributed by atoms with Crippen LogP contribution < -0.4 is 0 Å². The lowest BCUT2D eigenvalue weighted by Crippen LogP contribution is -2.30. The van der Waals surface area contributed by atoms with Crippen LogP contribution in [-0.2, 0) is 11.2 Å². The quantitative estimate of drug-likeness (QED) is 0.852. The number of benzene rings is 1. The number of carbonyl (C=O) groups is 1. The van der Waals surface area contributed by atoms with Gasteiger partial charge in [-0.3, -0.25) is 4.79 Å². The molecule has 1 atom stereocenters. The normalized spacial score (nSPS) is 19.3. The molecule has 1 fully saturated rings. The van der Waals surface area contributed by atoms with Crippen molar-refractivity contribution in [1.82, 2.24) is 0 Å². The van der Waals surface area contributed by atoms with Crippen molar-refractivity contribution in [3.8, 4) is 0 Å². The predicted molar refractivity (Wildman–Crippen MR) is 77.4 cm³/mol. The number of carboxylic acid groups (broad SMARTS) is 1. The summed E-state index contributed by atoms with van der Waals surface area (Å²) in [5, 5.41) is 9.51. The number of hydrogen-bond donors (Lipinski definition) is 1. The smallest absolute Gasteiger partial charge is 0.309 e. The molecule has 0 amide bonds. The molecule has 1 aliphatic rings. The standard InChI is InChI=1S/C17H24O2/c1-3-13(2)15-8-6-14(7-9-15)12-17(16(18)19)10-4-5-11-17/h6-9,13H,3-5,10-12H2,1-2H3,(H,18,19). The first-order valence-electron chi connectivity index (χ1n) is 7.39. The predicted octanol–water partition coefficient (Wildman–Crippen LogP) is 4.39. The molecule has 0 saturated heterocycles. The maximum absolute atomic E-state index is 11.5. The number of rotatable bonds is 5. The molecule has 0 spiro atoms. The fraction of sp³-hybridized carbons (Fsp3) is 0.588. The molecule has 1 saturated carbocycles. The van der Waals surface area contributed by atoms with Gasteiger partial charge in [-0.15, -0.1) is 0 Å². The molecule has 0 aliphatic heterocycles. The molecule has 0 aromatic heterocycles. The molecular formula is C17H24O2. The molecule has 1 N–H and O–H groups in total. The minimum Gasteiger partial charge on any atom is -0.481 e. The zero-order valence-corrected chi connectivity index (χ0v) is 12.0. The fourth-order valence-corrected chi connectivity index (χ4v) is 3.11. The summed E-state index contributed by atoms with van der Waals surface area (Å²) in [5.74, 6) is -0.0371.